The van der Waals surface area contributed by atoms with Crippen LogP contribution < -0.4 is 10.3 Å². The molecular weight excluding hydrogens is 347 g/mol. The molecule has 0 spiro atoms. The number of nitrogens with zero attached hydrogens (tertiary/aromatic N) is 2. The third-order valence-corrected chi connectivity index (χ3v) is 4.60. The van der Waals surface area contributed by atoms with Crippen molar-refractivity contribution in [3.63, 3.8) is 0 Å². The van der Waals surface area contributed by atoms with Crippen LogP contribution in [0.5, 0.6) is 5.75 Å². The van der Waals surface area contributed by atoms with Crippen molar-refractivity contribution < 1.29 is 18.7 Å². The van der Waals surface area contributed by atoms with E-state index in [9.17, 15) is 14.0 Å². The molecule has 0 fully saturated rings. The van der Waals surface area contributed by atoms with E-state index in [-0.39, 0.29) is 24.4 Å². The van der Waals surface area contributed by atoms with Crippen LogP contribution in [-0.4, -0.2) is 22.5 Å². The second-order valence-corrected chi connectivity index (χ2v) is 6.49. The number of carbonyl (C=O) groups is 1. The van der Waals surface area contributed by atoms with Gasteiger partial charge in [-0.05, 0) is 31.2 Å². The van der Waals surface area contributed by atoms with Gasteiger partial charge in [0.25, 0.3) is 5.56 Å². The topological polar surface area (TPSA) is 69.9 Å². The van der Waals surface area contributed by atoms with E-state index in [2.05, 4.69) is 9.72 Å². The van der Waals surface area contributed by atoms with E-state index in [4.69, 9.17) is 4.74 Å². The van der Waals surface area contributed by atoms with Crippen molar-refractivity contribution in [2.24, 2.45) is 0 Å². The Morgan fingerprint density at radius 3 is 2.72 bits per heavy atom. The van der Waals surface area contributed by atoms with Gasteiger partial charge in [-0.25, -0.2) is 9.37 Å². The Bertz CT molecular complexity index is 979. The number of aryl methyl sites for hydroxylation is 1. The summed E-state index contributed by atoms with van der Waals surface area (Å²) in [5, 5.41) is 0. The fourth-order valence-corrected chi connectivity index (χ4v) is 3.36. The SMILES string of the molecule is COC(=O)Cc1c(C)sc2nc(COc3ccc(F)cc3)cc(=O)n12. The number of rotatable bonds is 5. The van der Waals surface area contributed by atoms with E-state index in [0.29, 0.717) is 22.1 Å². The van der Waals surface area contributed by atoms with Crippen molar-refractivity contribution in [3.05, 3.63) is 62.8 Å². The molecule has 2 heterocycles. The lowest BCUT2D eigenvalue weighted by Crippen LogP contribution is -2.19. The van der Waals surface area contributed by atoms with Crippen LogP contribution in [0, 0.1) is 12.7 Å². The summed E-state index contributed by atoms with van der Waals surface area (Å²) in [7, 11) is 1.30. The smallest absolute Gasteiger partial charge is 0.311 e. The van der Waals surface area contributed by atoms with Crippen LogP contribution in [0.3, 0.4) is 0 Å². The molecular formula is C17H15FN2O4S. The monoisotopic (exact) mass is 362 g/mol. The molecule has 0 aliphatic carbocycles. The van der Waals surface area contributed by atoms with E-state index in [1.165, 1.54) is 53.2 Å². The number of hydrogen-bond donors (Lipinski definition) is 0. The maximum atomic E-state index is 12.9. The molecule has 25 heavy (non-hydrogen) atoms. The van der Waals surface area contributed by atoms with Crippen molar-refractivity contribution in [1.29, 1.82) is 0 Å². The minimum Gasteiger partial charge on any atom is -0.487 e. The van der Waals surface area contributed by atoms with Gasteiger partial charge in [-0.3, -0.25) is 14.0 Å². The fourth-order valence-electron chi connectivity index (χ4n) is 2.35. The van der Waals surface area contributed by atoms with Crippen LogP contribution in [-0.2, 0) is 22.6 Å². The molecule has 0 aliphatic heterocycles. The van der Waals surface area contributed by atoms with Crippen molar-refractivity contribution in [2.45, 2.75) is 20.0 Å². The van der Waals surface area contributed by atoms with E-state index >= 15 is 0 Å². The summed E-state index contributed by atoms with van der Waals surface area (Å²) in [5.74, 6) is -0.284. The van der Waals surface area contributed by atoms with Crippen molar-refractivity contribution in [2.75, 3.05) is 7.11 Å². The molecule has 0 aliphatic rings. The van der Waals surface area contributed by atoms with Gasteiger partial charge >= 0.3 is 5.97 Å². The lowest BCUT2D eigenvalue weighted by atomic mass is 10.3. The van der Waals surface area contributed by atoms with Crippen molar-refractivity contribution in [3.8, 4) is 5.75 Å². The number of benzene rings is 1. The standard InChI is InChI=1S/C17H15FN2O4S/c1-10-14(8-16(22)23-2)20-15(21)7-12(19-17(20)25-10)9-24-13-5-3-11(18)4-6-13/h3-7H,8-9H2,1-2H3. The first-order valence-corrected chi connectivity index (χ1v) is 8.25. The second kappa shape index (κ2) is 7.02. The van der Waals surface area contributed by atoms with Crippen LogP contribution >= 0.6 is 11.3 Å². The average molecular weight is 362 g/mol. The van der Waals surface area contributed by atoms with Gasteiger partial charge in [-0.1, -0.05) is 0 Å². The molecule has 3 rings (SSSR count). The number of ether oxygens (including phenoxy) is 2. The highest BCUT2D eigenvalue weighted by molar-refractivity contribution is 7.17. The molecule has 0 unspecified atom stereocenters. The van der Waals surface area contributed by atoms with Gasteiger partial charge in [-0.15, -0.1) is 11.3 Å². The van der Waals surface area contributed by atoms with Crippen molar-refractivity contribution in [1.82, 2.24) is 9.38 Å². The van der Waals surface area contributed by atoms with Crippen LogP contribution in [0.1, 0.15) is 16.3 Å². The lowest BCUT2D eigenvalue weighted by molar-refractivity contribution is -0.139. The number of methoxy groups -OCH3 is 1. The summed E-state index contributed by atoms with van der Waals surface area (Å²) in [6, 6.07) is 6.96. The molecule has 1 aromatic carbocycles. The van der Waals surface area contributed by atoms with Crippen LogP contribution in [0.2, 0.25) is 0 Å². The van der Waals surface area contributed by atoms with E-state index in [0.717, 1.165) is 4.88 Å². The van der Waals surface area contributed by atoms with E-state index < -0.39 is 5.97 Å². The maximum Gasteiger partial charge on any atom is 0.311 e. The highest BCUT2D eigenvalue weighted by Crippen LogP contribution is 2.21. The Kier molecular flexibility index (Phi) is 4.80. The van der Waals surface area contributed by atoms with Crippen LogP contribution in [0.25, 0.3) is 4.96 Å². The molecule has 0 saturated carbocycles. The molecule has 8 heteroatoms. The lowest BCUT2D eigenvalue weighted by Gasteiger charge is -2.06. The first-order valence-electron chi connectivity index (χ1n) is 7.44. The van der Waals surface area contributed by atoms with Gasteiger partial charge in [-0.2, -0.15) is 0 Å². The number of aromatic nitrogens is 2. The zero-order valence-electron chi connectivity index (χ0n) is 13.6. The first kappa shape index (κ1) is 17.1. The summed E-state index contributed by atoms with van der Waals surface area (Å²) in [6.07, 6.45) is 0.00927. The number of hydrogen-bond acceptors (Lipinski definition) is 6. The number of carbonyl (C=O) groups excluding carboxylic acids is 1. The van der Waals surface area contributed by atoms with E-state index in [1.54, 1.807) is 0 Å². The largest absolute Gasteiger partial charge is 0.487 e. The van der Waals surface area contributed by atoms with Gasteiger partial charge in [0.15, 0.2) is 4.96 Å². The summed E-state index contributed by atoms with van der Waals surface area (Å²) >= 11 is 1.32. The van der Waals surface area contributed by atoms with Crippen molar-refractivity contribution >= 4 is 22.3 Å². The molecule has 0 N–H and O–H groups in total. The normalized spacial score (nSPS) is 10.8. The Labute approximate surface area is 146 Å². The highest BCUT2D eigenvalue weighted by atomic mass is 32.1. The van der Waals surface area contributed by atoms with E-state index in [1.807, 2.05) is 6.92 Å². The third-order valence-electron chi connectivity index (χ3n) is 3.60. The Morgan fingerprint density at radius 1 is 1.32 bits per heavy atom. The van der Waals surface area contributed by atoms with Gasteiger partial charge in [0.2, 0.25) is 0 Å². The molecule has 0 bridgehead atoms. The molecule has 0 saturated heterocycles. The van der Waals surface area contributed by atoms with Gasteiger partial charge < -0.3 is 9.47 Å². The fraction of sp³-hybridized carbons (Fsp3) is 0.235. The molecule has 0 atom stereocenters. The zero-order valence-corrected chi connectivity index (χ0v) is 14.4. The Morgan fingerprint density at radius 2 is 2.04 bits per heavy atom. The molecule has 6 nitrogen and oxygen atoms in total. The third kappa shape index (κ3) is 3.69. The number of halogens is 1. The average Bonchev–Trinajstić information content (AvgIpc) is 2.90. The Balaban J connectivity index is 1.88. The summed E-state index contributed by atoms with van der Waals surface area (Å²) in [5.41, 5.74) is 0.751. The minimum atomic E-state index is -0.418. The number of fused-ring (bicyclic) bond motifs is 1. The first-order chi connectivity index (χ1) is 12.0. The molecule has 0 amide bonds. The molecule has 3 aromatic rings. The molecule has 0 radical (unpaired) electrons. The second-order valence-electron chi connectivity index (χ2n) is 5.30. The predicted octanol–water partition coefficient (Wildman–Crippen LogP) is 2.50. The van der Waals surface area contributed by atoms with Gasteiger partial charge in [0.1, 0.15) is 18.2 Å². The molecule has 2 aromatic heterocycles. The summed E-state index contributed by atoms with van der Waals surface area (Å²) < 4.78 is 24.5. The van der Waals surface area contributed by atoms with Crippen LogP contribution in [0.4, 0.5) is 4.39 Å². The van der Waals surface area contributed by atoms with Gasteiger partial charge in [0, 0.05) is 10.9 Å². The summed E-state index contributed by atoms with van der Waals surface area (Å²) in [4.78, 5) is 29.7. The summed E-state index contributed by atoms with van der Waals surface area (Å²) in [6.45, 7) is 1.91. The molecule has 130 valence electrons. The highest BCUT2D eigenvalue weighted by Gasteiger charge is 2.16. The quantitative estimate of drug-likeness (QED) is 0.652. The number of esters is 1. The maximum absolute atomic E-state index is 12.9. The Hall–Kier alpha value is -2.74. The zero-order chi connectivity index (χ0) is 18.0. The minimum absolute atomic E-state index is 0.00927. The number of thiazole rings is 1. The van der Waals surface area contributed by atoms with Gasteiger partial charge in [0.05, 0.1) is 24.9 Å². The predicted molar refractivity (Wildman–Crippen MR) is 90.5 cm³/mol. The van der Waals surface area contributed by atoms with Crippen LogP contribution in [0.15, 0.2) is 35.1 Å².